The van der Waals surface area contributed by atoms with Crippen molar-refractivity contribution in [3.8, 4) is 0 Å². The summed E-state index contributed by atoms with van der Waals surface area (Å²) < 4.78 is 0. The Morgan fingerprint density at radius 2 is 2.21 bits per heavy atom. The second kappa shape index (κ2) is 5.49. The summed E-state index contributed by atoms with van der Waals surface area (Å²) in [5.74, 6) is 0. The maximum Gasteiger partial charge on any atom is 0.0546 e. The number of nitrogens with one attached hydrogen (secondary N) is 1. The molecule has 0 aromatic carbocycles. The Hall–Kier alpha value is -0.380. The molecule has 0 bridgehead atoms. The van der Waals surface area contributed by atoms with Crippen LogP contribution in [0.2, 0.25) is 0 Å². The van der Waals surface area contributed by atoms with Crippen molar-refractivity contribution >= 4 is 11.3 Å². The lowest BCUT2D eigenvalue weighted by Crippen LogP contribution is -2.30. The average molecular weight is 212 g/mol. The van der Waals surface area contributed by atoms with Gasteiger partial charge < -0.3 is 10.2 Å². The molecule has 0 amide bonds. The molecule has 1 atom stereocenters. The summed E-state index contributed by atoms with van der Waals surface area (Å²) in [7, 11) is 4.24. The summed E-state index contributed by atoms with van der Waals surface area (Å²) in [6.45, 7) is 6.43. The lowest BCUT2D eigenvalue weighted by atomic mass is 10.1. The molecule has 1 unspecified atom stereocenters. The zero-order valence-corrected chi connectivity index (χ0v) is 10.3. The summed E-state index contributed by atoms with van der Waals surface area (Å²) >= 11 is 1.85. The fourth-order valence-corrected chi connectivity index (χ4v) is 2.59. The second-order valence-corrected chi connectivity index (χ2v) is 4.79. The van der Waals surface area contributed by atoms with Gasteiger partial charge in [-0.2, -0.15) is 0 Å². The fraction of sp³-hybridized carbons (Fsp3) is 0.636. The van der Waals surface area contributed by atoms with Gasteiger partial charge in [0, 0.05) is 11.4 Å². The minimum atomic E-state index is 0.481. The van der Waals surface area contributed by atoms with Crippen molar-refractivity contribution in [3.63, 3.8) is 0 Å². The van der Waals surface area contributed by atoms with Gasteiger partial charge in [-0.25, -0.2) is 0 Å². The zero-order valence-electron chi connectivity index (χ0n) is 9.50. The Labute approximate surface area is 90.9 Å². The Bertz CT molecular complexity index is 268. The maximum absolute atomic E-state index is 3.53. The predicted octanol–water partition coefficient (Wildman–Crippen LogP) is 2.27. The highest BCUT2D eigenvalue weighted by molar-refractivity contribution is 7.10. The van der Waals surface area contributed by atoms with Gasteiger partial charge in [0.15, 0.2) is 0 Å². The first kappa shape index (κ1) is 11.7. The summed E-state index contributed by atoms with van der Waals surface area (Å²) in [5, 5.41) is 5.70. The van der Waals surface area contributed by atoms with Crippen molar-refractivity contribution in [3.05, 3.63) is 21.9 Å². The van der Waals surface area contributed by atoms with Gasteiger partial charge in [0.2, 0.25) is 0 Å². The van der Waals surface area contributed by atoms with Gasteiger partial charge in [0.1, 0.15) is 0 Å². The second-order valence-electron chi connectivity index (χ2n) is 3.84. The van der Waals surface area contributed by atoms with E-state index in [-0.39, 0.29) is 0 Å². The molecule has 1 aromatic heterocycles. The number of nitrogens with zero attached hydrogens (tertiary/aromatic N) is 1. The first-order valence-corrected chi connectivity index (χ1v) is 5.95. The highest BCUT2D eigenvalue weighted by Crippen LogP contribution is 2.24. The van der Waals surface area contributed by atoms with Gasteiger partial charge in [-0.1, -0.05) is 6.92 Å². The molecule has 1 N–H and O–H groups in total. The van der Waals surface area contributed by atoms with E-state index in [9.17, 15) is 0 Å². The number of rotatable bonds is 5. The van der Waals surface area contributed by atoms with Crippen molar-refractivity contribution in [1.29, 1.82) is 0 Å². The van der Waals surface area contributed by atoms with E-state index < -0.39 is 0 Å². The third-order valence-electron chi connectivity index (χ3n) is 2.22. The van der Waals surface area contributed by atoms with E-state index in [2.05, 4.69) is 49.6 Å². The van der Waals surface area contributed by atoms with Gasteiger partial charge in [-0.05, 0) is 44.6 Å². The van der Waals surface area contributed by atoms with Gasteiger partial charge in [-0.3, -0.25) is 0 Å². The normalized spacial score (nSPS) is 13.5. The molecule has 3 heteroatoms. The van der Waals surface area contributed by atoms with Gasteiger partial charge in [0.25, 0.3) is 0 Å². The van der Waals surface area contributed by atoms with Crippen LogP contribution in [0.3, 0.4) is 0 Å². The van der Waals surface area contributed by atoms with Crippen LogP contribution in [-0.4, -0.2) is 32.1 Å². The van der Waals surface area contributed by atoms with E-state index in [0.29, 0.717) is 6.04 Å². The van der Waals surface area contributed by atoms with Crippen LogP contribution in [0.1, 0.15) is 23.4 Å². The third-order valence-corrected chi connectivity index (χ3v) is 3.35. The van der Waals surface area contributed by atoms with Crippen LogP contribution in [0.4, 0.5) is 0 Å². The molecule has 0 saturated carbocycles. The van der Waals surface area contributed by atoms with Crippen molar-refractivity contribution < 1.29 is 0 Å². The molecule has 0 saturated heterocycles. The highest BCUT2D eigenvalue weighted by atomic mass is 32.1. The Balaban J connectivity index is 2.72. The molecule has 0 fully saturated rings. The quantitative estimate of drug-likeness (QED) is 0.805. The van der Waals surface area contributed by atoms with E-state index in [4.69, 9.17) is 0 Å². The van der Waals surface area contributed by atoms with Crippen molar-refractivity contribution in [2.24, 2.45) is 0 Å². The minimum Gasteiger partial charge on any atom is -0.308 e. The Kier molecular flexibility index (Phi) is 4.58. The highest BCUT2D eigenvalue weighted by Gasteiger charge is 2.14. The monoisotopic (exact) mass is 212 g/mol. The summed E-state index contributed by atoms with van der Waals surface area (Å²) in [6, 6.07) is 2.68. The molecule has 0 aliphatic carbocycles. The van der Waals surface area contributed by atoms with E-state index in [0.717, 1.165) is 13.1 Å². The zero-order chi connectivity index (χ0) is 10.6. The first-order valence-electron chi connectivity index (χ1n) is 5.07. The molecular weight excluding hydrogens is 192 g/mol. The topological polar surface area (TPSA) is 15.3 Å². The van der Waals surface area contributed by atoms with Crippen LogP contribution >= 0.6 is 11.3 Å². The molecular formula is C11H20N2S. The molecule has 80 valence electrons. The van der Waals surface area contributed by atoms with Crippen LogP contribution in [0, 0.1) is 6.92 Å². The van der Waals surface area contributed by atoms with Crippen LogP contribution < -0.4 is 5.32 Å². The van der Waals surface area contributed by atoms with Crippen LogP contribution in [0.25, 0.3) is 0 Å². The molecule has 1 heterocycles. The molecule has 2 nitrogen and oxygen atoms in total. The number of likely N-dealkylation sites (N-methyl/N-ethyl adjacent to an activating group) is 2. The average Bonchev–Trinajstić information content (AvgIpc) is 2.50. The maximum atomic E-state index is 3.53. The summed E-state index contributed by atoms with van der Waals surface area (Å²) in [4.78, 5) is 3.70. The van der Waals surface area contributed by atoms with Gasteiger partial charge in [0.05, 0.1) is 6.04 Å². The summed E-state index contributed by atoms with van der Waals surface area (Å²) in [5.41, 5.74) is 1.41. The summed E-state index contributed by atoms with van der Waals surface area (Å²) in [6.07, 6.45) is 0. The number of thiophene rings is 1. The lowest BCUT2D eigenvalue weighted by Gasteiger charge is -2.21. The number of hydrogen-bond donors (Lipinski definition) is 1. The van der Waals surface area contributed by atoms with Gasteiger partial charge in [-0.15, -0.1) is 11.3 Å². The van der Waals surface area contributed by atoms with E-state index >= 15 is 0 Å². The number of aryl methyl sites for hydroxylation is 1. The van der Waals surface area contributed by atoms with E-state index in [1.165, 1.54) is 10.4 Å². The van der Waals surface area contributed by atoms with Crippen molar-refractivity contribution in [1.82, 2.24) is 10.2 Å². The van der Waals surface area contributed by atoms with Gasteiger partial charge >= 0.3 is 0 Å². The van der Waals surface area contributed by atoms with E-state index in [1.54, 1.807) is 0 Å². The predicted molar refractivity (Wildman–Crippen MR) is 64.0 cm³/mol. The molecule has 0 aliphatic rings. The van der Waals surface area contributed by atoms with Crippen LogP contribution in [-0.2, 0) is 0 Å². The Morgan fingerprint density at radius 1 is 1.50 bits per heavy atom. The van der Waals surface area contributed by atoms with Crippen LogP contribution in [0.5, 0.6) is 0 Å². The molecule has 1 rings (SSSR count). The number of hydrogen-bond acceptors (Lipinski definition) is 3. The molecule has 0 spiro atoms. The fourth-order valence-electron chi connectivity index (χ4n) is 1.59. The molecule has 14 heavy (non-hydrogen) atoms. The smallest absolute Gasteiger partial charge is 0.0546 e. The van der Waals surface area contributed by atoms with Crippen LogP contribution in [0.15, 0.2) is 11.4 Å². The van der Waals surface area contributed by atoms with E-state index in [1.807, 2.05) is 11.3 Å². The molecule has 1 aromatic rings. The third kappa shape index (κ3) is 3.08. The SMILES string of the molecule is CCNC(CN(C)C)c1sccc1C. The first-order chi connectivity index (χ1) is 6.65. The standard InChI is InChI=1S/C11H20N2S/c1-5-12-10(8-13(3)4)11-9(2)6-7-14-11/h6-7,10,12H,5,8H2,1-4H3. The lowest BCUT2D eigenvalue weighted by molar-refractivity contribution is 0.347. The molecule has 0 radical (unpaired) electrons. The molecule has 0 aliphatic heterocycles. The van der Waals surface area contributed by atoms with Crippen molar-refractivity contribution in [2.45, 2.75) is 19.9 Å². The minimum absolute atomic E-state index is 0.481. The van der Waals surface area contributed by atoms with Crippen molar-refractivity contribution in [2.75, 3.05) is 27.2 Å². The largest absolute Gasteiger partial charge is 0.308 e. The Morgan fingerprint density at radius 3 is 2.64 bits per heavy atom.